The zero-order chi connectivity index (χ0) is 27.2. The molecule has 2 aromatic rings. The number of hydrogen-bond donors (Lipinski definition) is 0. The largest absolute Gasteiger partial charge is 0.353 e. The summed E-state index contributed by atoms with van der Waals surface area (Å²) in [7, 11) is 0. The van der Waals surface area contributed by atoms with Crippen LogP contribution in [0.5, 0.6) is 0 Å². The lowest BCUT2D eigenvalue weighted by molar-refractivity contribution is -0.128. The fourth-order valence-electron chi connectivity index (χ4n) is 4.48. The second-order valence-electron chi connectivity index (χ2n) is 10.6. The lowest BCUT2D eigenvalue weighted by Crippen LogP contribution is -2.54. The summed E-state index contributed by atoms with van der Waals surface area (Å²) in [6.07, 6.45) is 1.87. The average molecular weight is 546 g/mol. The summed E-state index contributed by atoms with van der Waals surface area (Å²) >= 11 is 7.65. The molecule has 1 aromatic heterocycles. The first-order valence-corrected chi connectivity index (χ1v) is 14.5. The number of piperazine rings is 1. The van der Waals surface area contributed by atoms with Gasteiger partial charge in [-0.15, -0.1) is 0 Å². The number of halogens is 1. The Hall–Kier alpha value is -2.32. The number of benzene rings is 1. The summed E-state index contributed by atoms with van der Waals surface area (Å²) in [5.74, 6) is 1.15. The number of aromatic nitrogens is 2. The number of hydrogen-bond acceptors (Lipinski definition) is 6. The van der Waals surface area contributed by atoms with Gasteiger partial charge in [-0.2, -0.15) is 0 Å². The second-order valence-corrected chi connectivity index (χ2v) is 12.0. The van der Waals surface area contributed by atoms with Crippen molar-refractivity contribution in [1.82, 2.24) is 19.8 Å². The summed E-state index contributed by atoms with van der Waals surface area (Å²) < 4.78 is 0. The second kappa shape index (κ2) is 13.0. The molecule has 1 unspecified atom stereocenters. The average Bonchev–Trinajstić information content (AvgIpc) is 2.86. The normalized spacial score (nSPS) is 16.1. The first-order valence-electron chi connectivity index (χ1n) is 13.1. The monoisotopic (exact) mass is 545 g/mol. The topological polar surface area (TPSA) is 69.6 Å². The van der Waals surface area contributed by atoms with E-state index < -0.39 is 0 Å². The SMILES string of the molecule is CCCN(CCC)C(=O)CSc1nc(Cl)cc(N2CCN(C(=O)c3ccc(C(C)(C)C)cc3)C(C)C2)n1. The molecule has 0 N–H and O–H groups in total. The van der Waals surface area contributed by atoms with Crippen LogP contribution in [-0.2, 0) is 10.2 Å². The molecule has 1 aliphatic rings. The maximum atomic E-state index is 13.2. The van der Waals surface area contributed by atoms with E-state index in [4.69, 9.17) is 16.6 Å². The Balaban J connectivity index is 1.64. The van der Waals surface area contributed by atoms with E-state index in [1.54, 1.807) is 6.07 Å². The van der Waals surface area contributed by atoms with Crippen LogP contribution >= 0.6 is 23.4 Å². The number of carbonyl (C=O) groups excluding carboxylic acids is 2. The summed E-state index contributed by atoms with van der Waals surface area (Å²) in [5, 5.41) is 0.845. The molecule has 0 bridgehead atoms. The van der Waals surface area contributed by atoms with Gasteiger partial charge in [0.05, 0.1) is 5.75 Å². The van der Waals surface area contributed by atoms with Gasteiger partial charge >= 0.3 is 0 Å². The van der Waals surface area contributed by atoms with E-state index in [-0.39, 0.29) is 29.0 Å². The molecule has 0 spiro atoms. The molecule has 0 radical (unpaired) electrons. The standard InChI is InChI=1S/C28H40ClN5O2S/c1-7-13-32(14-8-2)25(35)19-37-27-30-23(29)17-24(31-27)33-15-16-34(20(3)18-33)26(36)21-9-11-22(12-10-21)28(4,5)6/h9-12,17,20H,7-8,13-16,18-19H2,1-6H3. The predicted octanol–water partition coefficient (Wildman–Crippen LogP) is 5.52. The molecule has 1 saturated heterocycles. The molecule has 1 fully saturated rings. The maximum absolute atomic E-state index is 13.2. The van der Waals surface area contributed by atoms with Crippen LogP contribution in [0.25, 0.3) is 0 Å². The van der Waals surface area contributed by atoms with Gasteiger partial charge in [-0.1, -0.05) is 70.1 Å². The van der Waals surface area contributed by atoms with E-state index >= 15 is 0 Å². The molecule has 7 nitrogen and oxygen atoms in total. The van der Waals surface area contributed by atoms with E-state index in [0.29, 0.717) is 35.5 Å². The minimum atomic E-state index is 0.00612. The molecule has 1 aromatic carbocycles. The van der Waals surface area contributed by atoms with E-state index in [2.05, 4.69) is 51.4 Å². The molecular weight excluding hydrogens is 506 g/mol. The van der Waals surface area contributed by atoms with Crippen LogP contribution in [0.2, 0.25) is 5.15 Å². The minimum absolute atomic E-state index is 0.00612. The number of carbonyl (C=O) groups is 2. The number of nitrogens with zero attached hydrogens (tertiary/aromatic N) is 5. The summed E-state index contributed by atoms with van der Waals surface area (Å²) in [4.78, 5) is 40.9. The molecule has 1 atom stereocenters. The van der Waals surface area contributed by atoms with Gasteiger partial charge in [0, 0.05) is 50.4 Å². The number of amides is 2. The fraction of sp³-hybridized carbons (Fsp3) is 0.571. The Kier molecular flexibility index (Phi) is 10.2. The maximum Gasteiger partial charge on any atom is 0.254 e. The van der Waals surface area contributed by atoms with Crippen molar-refractivity contribution in [2.75, 3.05) is 43.4 Å². The Morgan fingerprint density at radius 1 is 1.08 bits per heavy atom. The highest BCUT2D eigenvalue weighted by Gasteiger charge is 2.29. The summed E-state index contributed by atoms with van der Waals surface area (Å²) in [6.45, 7) is 16.1. The van der Waals surface area contributed by atoms with E-state index in [9.17, 15) is 9.59 Å². The van der Waals surface area contributed by atoms with Crippen LogP contribution in [-0.4, -0.2) is 76.1 Å². The van der Waals surface area contributed by atoms with E-state index in [1.165, 1.54) is 17.3 Å². The molecule has 202 valence electrons. The van der Waals surface area contributed by atoms with Crippen LogP contribution in [0.3, 0.4) is 0 Å². The van der Waals surface area contributed by atoms with Gasteiger partial charge in [0.15, 0.2) is 5.16 Å². The zero-order valence-electron chi connectivity index (χ0n) is 23.0. The number of thioether (sulfide) groups is 1. The predicted molar refractivity (Wildman–Crippen MR) is 153 cm³/mol. The fourth-order valence-corrected chi connectivity index (χ4v) is 5.46. The summed E-state index contributed by atoms with van der Waals surface area (Å²) in [6, 6.07) is 9.71. The van der Waals surface area contributed by atoms with Crippen LogP contribution in [0.1, 0.15) is 70.3 Å². The van der Waals surface area contributed by atoms with Crippen molar-refractivity contribution in [3.8, 4) is 0 Å². The first-order chi connectivity index (χ1) is 17.5. The van der Waals surface area contributed by atoms with Crippen molar-refractivity contribution in [2.24, 2.45) is 0 Å². The van der Waals surface area contributed by atoms with Crippen molar-refractivity contribution in [2.45, 2.75) is 71.0 Å². The third kappa shape index (κ3) is 7.84. The highest BCUT2D eigenvalue weighted by atomic mass is 35.5. The van der Waals surface area contributed by atoms with Crippen LogP contribution in [0, 0.1) is 0 Å². The molecule has 0 aliphatic carbocycles. The third-order valence-electron chi connectivity index (χ3n) is 6.54. The molecule has 1 aliphatic heterocycles. The first kappa shape index (κ1) is 29.2. The van der Waals surface area contributed by atoms with Gasteiger partial charge in [-0.25, -0.2) is 9.97 Å². The van der Waals surface area contributed by atoms with Gasteiger partial charge < -0.3 is 14.7 Å². The number of rotatable bonds is 9. The van der Waals surface area contributed by atoms with Gasteiger partial charge in [0.25, 0.3) is 5.91 Å². The Labute approximate surface area is 231 Å². The van der Waals surface area contributed by atoms with E-state index in [0.717, 1.165) is 31.7 Å². The van der Waals surface area contributed by atoms with Crippen molar-refractivity contribution < 1.29 is 9.59 Å². The van der Waals surface area contributed by atoms with Gasteiger partial charge in [-0.3, -0.25) is 9.59 Å². The third-order valence-corrected chi connectivity index (χ3v) is 7.56. The lowest BCUT2D eigenvalue weighted by atomic mass is 9.86. The van der Waals surface area contributed by atoms with E-state index in [1.807, 2.05) is 34.1 Å². The molecule has 2 heterocycles. The Morgan fingerprint density at radius 2 is 1.73 bits per heavy atom. The molecule has 3 rings (SSSR count). The Bertz CT molecular complexity index is 1070. The molecule has 0 saturated carbocycles. The van der Waals surface area contributed by atoms with Crippen molar-refractivity contribution >= 4 is 41.0 Å². The van der Waals surface area contributed by atoms with Crippen molar-refractivity contribution in [1.29, 1.82) is 0 Å². The van der Waals surface area contributed by atoms with Crippen molar-refractivity contribution in [3.63, 3.8) is 0 Å². The van der Waals surface area contributed by atoms with Gasteiger partial charge in [0.1, 0.15) is 11.0 Å². The molecule has 2 amide bonds. The highest BCUT2D eigenvalue weighted by molar-refractivity contribution is 7.99. The van der Waals surface area contributed by atoms with Crippen LogP contribution in [0.15, 0.2) is 35.5 Å². The minimum Gasteiger partial charge on any atom is -0.353 e. The highest BCUT2D eigenvalue weighted by Crippen LogP contribution is 2.26. The van der Waals surface area contributed by atoms with Gasteiger partial charge in [-0.05, 0) is 42.9 Å². The quantitative estimate of drug-likeness (QED) is 0.235. The summed E-state index contributed by atoms with van der Waals surface area (Å²) in [5.41, 5.74) is 1.97. The Morgan fingerprint density at radius 3 is 2.30 bits per heavy atom. The smallest absolute Gasteiger partial charge is 0.254 e. The van der Waals surface area contributed by atoms with Crippen molar-refractivity contribution in [3.05, 3.63) is 46.6 Å². The van der Waals surface area contributed by atoms with Gasteiger partial charge in [0.2, 0.25) is 5.91 Å². The number of anilines is 1. The lowest BCUT2D eigenvalue weighted by Gasteiger charge is -2.40. The van der Waals surface area contributed by atoms with Crippen LogP contribution < -0.4 is 4.90 Å². The van der Waals surface area contributed by atoms with Crippen LogP contribution in [0.4, 0.5) is 5.82 Å². The molecule has 37 heavy (non-hydrogen) atoms. The zero-order valence-corrected chi connectivity index (χ0v) is 24.5. The molecule has 9 heteroatoms. The molecular formula is C28H40ClN5O2S.